The van der Waals surface area contributed by atoms with Crippen LogP contribution in [0.15, 0.2) is 0 Å². The van der Waals surface area contributed by atoms with Gasteiger partial charge in [0, 0.05) is 13.7 Å². The molecule has 0 rings (SSSR count). The molecule has 0 heterocycles. The van der Waals surface area contributed by atoms with E-state index in [2.05, 4.69) is 27.7 Å². The minimum atomic E-state index is -2.92. The number of methoxy groups -OCH3 is 1. The maximum atomic E-state index is 12.9. The molecule has 0 radical (unpaired) electrons. The summed E-state index contributed by atoms with van der Waals surface area (Å²) in [5.74, 6) is 0.751. The monoisotopic (exact) mass is 392 g/mol. The van der Waals surface area contributed by atoms with Crippen molar-refractivity contribution in [3.05, 3.63) is 0 Å². The summed E-state index contributed by atoms with van der Waals surface area (Å²) in [4.78, 5) is 0. The zero-order valence-electron chi connectivity index (χ0n) is 18.1. The zero-order chi connectivity index (χ0) is 19.7. The molecule has 0 spiro atoms. The zero-order valence-corrected chi connectivity index (χ0v) is 19.0. The molecule has 0 amide bonds. The van der Waals surface area contributed by atoms with E-state index in [0.717, 1.165) is 19.4 Å². The molecular formula is C21H45O4P. The molecule has 0 saturated carbocycles. The van der Waals surface area contributed by atoms with Crippen LogP contribution in [0, 0.1) is 11.8 Å². The van der Waals surface area contributed by atoms with Gasteiger partial charge < -0.3 is 13.8 Å². The van der Waals surface area contributed by atoms with Crippen LogP contribution in [0.5, 0.6) is 0 Å². The molecule has 0 aliphatic carbocycles. The summed E-state index contributed by atoms with van der Waals surface area (Å²) in [5.41, 5.74) is 0. The third kappa shape index (κ3) is 17.5. The molecule has 26 heavy (non-hydrogen) atoms. The maximum Gasteiger partial charge on any atom is 0.330 e. The van der Waals surface area contributed by atoms with Gasteiger partial charge in [-0.25, -0.2) is 0 Å². The normalized spacial score (nSPS) is 12.4. The summed E-state index contributed by atoms with van der Waals surface area (Å²) in [6.45, 7) is 10.2. The van der Waals surface area contributed by atoms with E-state index in [9.17, 15) is 4.57 Å². The van der Waals surface area contributed by atoms with Crippen LogP contribution >= 0.6 is 7.60 Å². The molecule has 0 atom stereocenters. The van der Waals surface area contributed by atoms with Crippen LogP contribution in [0.1, 0.15) is 91.9 Å². The fourth-order valence-corrected chi connectivity index (χ4v) is 4.65. The number of rotatable bonds is 19. The van der Waals surface area contributed by atoms with Gasteiger partial charge in [0.25, 0.3) is 0 Å². The molecule has 4 nitrogen and oxygen atoms in total. The molecule has 0 aromatic heterocycles. The van der Waals surface area contributed by atoms with Crippen molar-refractivity contribution in [1.29, 1.82) is 0 Å². The van der Waals surface area contributed by atoms with Gasteiger partial charge in [0.15, 0.2) is 0 Å². The highest BCUT2D eigenvalue weighted by Crippen LogP contribution is 2.49. The Balaban J connectivity index is 3.72. The van der Waals surface area contributed by atoms with Gasteiger partial charge in [-0.05, 0) is 24.7 Å². The van der Waals surface area contributed by atoms with Crippen molar-refractivity contribution in [2.45, 2.75) is 91.9 Å². The second-order valence-corrected chi connectivity index (χ2v) is 10.4. The fraction of sp³-hybridized carbons (Fsp3) is 1.00. The minimum Gasteiger partial charge on any atom is -0.385 e. The van der Waals surface area contributed by atoms with Crippen LogP contribution in [0.3, 0.4) is 0 Å². The Labute approximate surface area is 163 Å². The number of ether oxygens (including phenoxy) is 1. The standard InChI is InChI=1S/C21H45O4P/c1-20(2)18-24-26(22,25-19-21(3)4)17-15-13-11-9-7-6-8-10-12-14-16-23-5/h20-21H,6-19H2,1-5H3. The summed E-state index contributed by atoms with van der Waals surface area (Å²) in [6.07, 6.45) is 12.9. The molecule has 0 saturated heterocycles. The van der Waals surface area contributed by atoms with Gasteiger partial charge in [-0.1, -0.05) is 79.1 Å². The largest absolute Gasteiger partial charge is 0.385 e. The fourth-order valence-electron chi connectivity index (χ4n) is 2.66. The van der Waals surface area contributed by atoms with Crippen LogP contribution in [0.4, 0.5) is 0 Å². The van der Waals surface area contributed by atoms with Crippen molar-refractivity contribution in [2.75, 3.05) is 33.1 Å². The van der Waals surface area contributed by atoms with E-state index in [0.29, 0.717) is 31.2 Å². The number of hydrogen-bond donors (Lipinski definition) is 0. The highest BCUT2D eigenvalue weighted by Gasteiger charge is 2.24. The lowest BCUT2D eigenvalue weighted by atomic mass is 10.1. The van der Waals surface area contributed by atoms with Crippen molar-refractivity contribution in [1.82, 2.24) is 0 Å². The molecule has 0 unspecified atom stereocenters. The molecule has 5 heteroatoms. The van der Waals surface area contributed by atoms with Gasteiger partial charge >= 0.3 is 7.60 Å². The molecule has 0 aromatic carbocycles. The van der Waals surface area contributed by atoms with Crippen molar-refractivity contribution in [3.8, 4) is 0 Å². The van der Waals surface area contributed by atoms with Crippen LogP contribution in [-0.4, -0.2) is 33.1 Å². The molecule has 0 fully saturated rings. The predicted molar refractivity (Wildman–Crippen MR) is 112 cm³/mol. The Hall–Kier alpha value is 0.110. The molecule has 0 aliphatic heterocycles. The van der Waals surface area contributed by atoms with Gasteiger partial charge in [0.2, 0.25) is 0 Å². The number of hydrogen-bond acceptors (Lipinski definition) is 4. The van der Waals surface area contributed by atoms with Gasteiger partial charge in [-0.15, -0.1) is 0 Å². The highest BCUT2D eigenvalue weighted by molar-refractivity contribution is 7.53. The summed E-state index contributed by atoms with van der Waals surface area (Å²) in [6, 6.07) is 0. The molecule has 0 aliphatic rings. The second-order valence-electron chi connectivity index (χ2n) is 8.24. The summed E-state index contributed by atoms with van der Waals surface area (Å²) in [7, 11) is -1.15. The first-order valence-electron chi connectivity index (χ1n) is 10.8. The second kappa shape index (κ2) is 17.2. The summed E-state index contributed by atoms with van der Waals surface area (Å²) < 4.78 is 29.2. The quantitative estimate of drug-likeness (QED) is 0.174. The maximum absolute atomic E-state index is 12.9. The van der Waals surface area contributed by atoms with E-state index in [1.165, 1.54) is 51.4 Å². The first kappa shape index (κ1) is 26.1. The third-order valence-electron chi connectivity index (χ3n) is 4.24. The van der Waals surface area contributed by atoms with Gasteiger partial charge in [-0.3, -0.25) is 4.57 Å². The average molecular weight is 393 g/mol. The topological polar surface area (TPSA) is 44.8 Å². The first-order chi connectivity index (χ1) is 12.4. The third-order valence-corrected chi connectivity index (χ3v) is 6.19. The lowest BCUT2D eigenvalue weighted by molar-refractivity contribution is 0.172. The van der Waals surface area contributed by atoms with E-state index >= 15 is 0 Å². The van der Waals surface area contributed by atoms with Gasteiger partial charge in [0.05, 0.1) is 19.4 Å². The Morgan fingerprint density at radius 1 is 0.654 bits per heavy atom. The highest BCUT2D eigenvalue weighted by atomic mass is 31.2. The Morgan fingerprint density at radius 2 is 1.04 bits per heavy atom. The lowest BCUT2D eigenvalue weighted by Gasteiger charge is -2.20. The molecule has 0 aromatic rings. The van der Waals surface area contributed by atoms with Crippen LogP contribution in [-0.2, 0) is 18.3 Å². The predicted octanol–water partition coefficient (Wildman–Crippen LogP) is 7.07. The van der Waals surface area contributed by atoms with E-state index in [1.54, 1.807) is 7.11 Å². The van der Waals surface area contributed by atoms with Crippen molar-refractivity contribution in [2.24, 2.45) is 11.8 Å². The number of unbranched alkanes of at least 4 members (excludes halogenated alkanes) is 9. The van der Waals surface area contributed by atoms with Crippen LogP contribution in [0.2, 0.25) is 0 Å². The minimum absolute atomic E-state index is 0.375. The van der Waals surface area contributed by atoms with Crippen molar-refractivity contribution >= 4 is 7.60 Å². The van der Waals surface area contributed by atoms with Gasteiger partial charge in [-0.2, -0.15) is 0 Å². The summed E-state index contributed by atoms with van der Waals surface area (Å²) >= 11 is 0. The molecular weight excluding hydrogens is 347 g/mol. The van der Waals surface area contributed by atoms with Crippen molar-refractivity contribution < 1.29 is 18.3 Å². The van der Waals surface area contributed by atoms with E-state index in [1.807, 2.05) is 0 Å². The average Bonchev–Trinajstić information content (AvgIpc) is 2.59. The van der Waals surface area contributed by atoms with E-state index in [-0.39, 0.29) is 0 Å². The first-order valence-corrected chi connectivity index (χ1v) is 12.5. The van der Waals surface area contributed by atoms with Crippen LogP contribution < -0.4 is 0 Å². The summed E-state index contributed by atoms with van der Waals surface area (Å²) in [5, 5.41) is 0. The Bertz CT molecular complexity index is 329. The van der Waals surface area contributed by atoms with Gasteiger partial charge in [0.1, 0.15) is 0 Å². The van der Waals surface area contributed by atoms with Crippen molar-refractivity contribution in [3.63, 3.8) is 0 Å². The Kier molecular flexibility index (Phi) is 17.3. The van der Waals surface area contributed by atoms with E-state index in [4.69, 9.17) is 13.8 Å². The van der Waals surface area contributed by atoms with Crippen LogP contribution in [0.25, 0.3) is 0 Å². The SMILES string of the molecule is COCCCCCCCCCCCCP(=O)(OCC(C)C)OCC(C)C. The smallest absolute Gasteiger partial charge is 0.330 e. The molecule has 158 valence electrons. The van der Waals surface area contributed by atoms with E-state index < -0.39 is 7.60 Å². The Morgan fingerprint density at radius 3 is 1.42 bits per heavy atom. The molecule has 0 bridgehead atoms. The molecule has 0 N–H and O–H groups in total. The lowest BCUT2D eigenvalue weighted by Crippen LogP contribution is -2.08.